The number of carbonyl (C=O) groups is 1. The zero-order valence-corrected chi connectivity index (χ0v) is 13.8. The van der Waals surface area contributed by atoms with Crippen molar-refractivity contribution in [1.82, 2.24) is 15.1 Å². The van der Waals surface area contributed by atoms with E-state index in [1.54, 1.807) is 6.20 Å². The monoisotopic (exact) mass is 305 g/mol. The van der Waals surface area contributed by atoms with Crippen LogP contribution < -0.4 is 10.6 Å². The highest BCUT2D eigenvalue weighted by molar-refractivity contribution is 5.85. The van der Waals surface area contributed by atoms with Crippen LogP contribution in [0.5, 0.6) is 0 Å². The molecule has 22 heavy (non-hydrogen) atoms. The fourth-order valence-electron chi connectivity index (χ4n) is 3.14. The zero-order valence-electron chi connectivity index (χ0n) is 13.8. The smallest absolute Gasteiger partial charge is 0.242 e. The van der Waals surface area contributed by atoms with Crippen molar-refractivity contribution in [2.45, 2.75) is 51.1 Å². The summed E-state index contributed by atoms with van der Waals surface area (Å²) in [6.45, 7) is 5.61. The standard InChI is InChI=1S/C16H27N5O/c1-4-9-16(2,17)15(22)20(3)13-7-6-11-21(12-13)14-8-5-10-18-19-14/h5,8,10,13H,4,6-7,9,11-12,17H2,1-3H3. The van der Waals surface area contributed by atoms with Gasteiger partial charge in [0.15, 0.2) is 5.82 Å². The first-order chi connectivity index (χ1) is 10.5. The van der Waals surface area contributed by atoms with Crippen molar-refractivity contribution in [3.63, 3.8) is 0 Å². The SMILES string of the molecule is CCCC(C)(N)C(=O)N(C)C1CCCN(c2cccnn2)C1. The summed E-state index contributed by atoms with van der Waals surface area (Å²) in [6.07, 6.45) is 5.32. The number of likely N-dealkylation sites (N-methyl/N-ethyl adjacent to an activating group) is 1. The average Bonchev–Trinajstić information content (AvgIpc) is 2.54. The molecule has 1 fully saturated rings. The van der Waals surface area contributed by atoms with E-state index < -0.39 is 5.54 Å². The van der Waals surface area contributed by atoms with Crippen LogP contribution in [0.4, 0.5) is 5.82 Å². The second-order valence-corrected chi connectivity index (χ2v) is 6.41. The van der Waals surface area contributed by atoms with Gasteiger partial charge in [-0.2, -0.15) is 5.10 Å². The average molecular weight is 305 g/mol. The largest absolute Gasteiger partial charge is 0.353 e. The molecule has 0 saturated carbocycles. The molecule has 0 aliphatic carbocycles. The van der Waals surface area contributed by atoms with Gasteiger partial charge in [-0.15, -0.1) is 5.10 Å². The molecule has 1 aromatic rings. The number of nitrogens with two attached hydrogens (primary N) is 1. The number of hydrogen-bond donors (Lipinski definition) is 1. The van der Waals surface area contributed by atoms with E-state index in [0.29, 0.717) is 6.42 Å². The van der Waals surface area contributed by atoms with Gasteiger partial charge in [-0.3, -0.25) is 4.79 Å². The molecule has 0 aromatic carbocycles. The predicted molar refractivity (Wildman–Crippen MR) is 87.5 cm³/mol. The first-order valence-corrected chi connectivity index (χ1v) is 8.04. The molecular formula is C16H27N5O. The Kier molecular flexibility index (Phi) is 5.34. The minimum atomic E-state index is -0.779. The lowest BCUT2D eigenvalue weighted by Crippen LogP contribution is -2.57. The molecule has 122 valence electrons. The Morgan fingerprint density at radius 2 is 2.36 bits per heavy atom. The summed E-state index contributed by atoms with van der Waals surface area (Å²) in [5, 5.41) is 8.10. The first-order valence-electron chi connectivity index (χ1n) is 8.04. The Bertz CT molecular complexity index is 491. The number of carbonyl (C=O) groups excluding carboxylic acids is 1. The Labute approximate surface area is 132 Å². The molecule has 0 bridgehead atoms. The van der Waals surface area contributed by atoms with Crippen LogP contribution in [0.15, 0.2) is 18.3 Å². The van der Waals surface area contributed by atoms with E-state index in [-0.39, 0.29) is 11.9 Å². The zero-order chi connectivity index (χ0) is 16.2. The van der Waals surface area contributed by atoms with Crippen molar-refractivity contribution in [2.24, 2.45) is 5.73 Å². The van der Waals surface area contributed by atoms with Gasteiger partial charge < -0.3 is 15.5 Å². The van der Waals surface area contributed by atoms with E-state index in [1.807, 2.05) is 31.0 Å². The fourth-order valence-corrected chi connectivity index (χ4v) is 3.14. The molecule has 2 N–H and O–H groups in total. The van der Waals surface area contributed by atoms with Gasteiger partial charge in [0.1, 0.15) is 0 Å². The van der Waals surface area contributed by atoms with Gasteiger partial charge in [-0.05, 0) is 38.3 Å². The molecule has 1 aromatic heterocycles. The van der Waals surface area contributed by atoms with Crippen LogP contribution in [-0.4, -0.2) is 52.7 Å². The summed E-state index contributed by atoms with van der Waals surface area (Å²) < 4.78 is 0. The van der Waals surface area contributed by atoms with Gasteiger partial charge in [0.05, 0.1) is 5.54 Å². The van der Waals surface area contributed by atoms with E-state index in [4.69, 9.17) is 5.73 Å². The molecular weight excluding hydrogens is 278 g/mol. The molecule has 1 amide bonds. The Morgan fingerprint density at radius 1 is 1.59 bits per heavy atom. The molecule has 1 aliphatic rings. The number of rotatable bonds is 5. The Morgan fingerprint density at radius 3 is 3.00 bits per heavy atom. The third-order valence-corrected chi connectivity index (χ3v) is 4.40. The van der Waals surface area contributed by atoms with Gasteiger partial charge in [0, 0.05) is 32.4 Å². The van der Waals surface area contributed by atoms with Crippen LogP contribution in [0.3, 0.4) is 0 Å². The van der Waals surface area contributed by atoms with Gasteiger partial charge in [0.25, 0.3) is 0 Å². The number of hydrogen-bond acceptors (Lipinski definition) is 5. The Hall–Kier alpha value is -1.69. The van der Waals surface area contributed by atoms with Crippen LogP contribution in [-0.2, 0) is 4.79 Å². The maximum Gasteiger partial charge on any atom is 0.242 e. The first kappa shape index (κ1) is 16.7. The molecule has 0 spiro atoms. The van der Waals surface area contributed by atoms with Crippen molar-refractivity contribution in [3.8, 4) is 0 Å². The molecule has 2 heterocycles. The number of anilines is 1. The van der Waals surface area contributed by atoms with Crippen molar-refractivity contribution in [3.05, 3.63) is 18.3 Å². The van der Waals surface area contributed by atoms with Gasteiger partial charge in [0.2, 0.25) is 5.91 Å². The van der Waals surface area contributed by atoms with E-state index in [2.05, 4.69) is 22.0 Å². The van der Waals surface area contributed by atoms with E-state index in [0.717, 1.165) is 38.2 Å². The van der Waals surface area contributed by atoms with Gasteiger partial charge in [-0.25, -0.2) is 0 Å². The predicted octanol–water partition coefficient (Wildman–Crippen LogP) is 1.42. The fraction of sp³-hybridized carbons (Fsp3) is 0.688. The highest BCUT2D eigenvalue weighted by atomic mass is 16.2. The number of aromatic nitrogens is 2. The number of amides is 1. The van der Waals surface area contributed by atoms with E-state index >= 15 is 0 Å². The van der Waals surface area contributed by atoms with Crippen molar-refractivity contribution >= 4 is 11.7 Å². The summed E-state index contributed by atoms with van der Waals surface area (Å²) in [5.41, 5.74) is 5.42. The maximum absolute atomic E-state index is 12.7. The summed E-state index contributed by atoms with van der Waals surface area (Å²) in [7, 11) is 1.87. The lowest BCUT2D eigenvalue weighted by atomic mass is 9.94. The molecule has 2 rings (SSSR count). The summed E-state index contributed by atoms with van der Waals surface area (Å²) >= 11 is 0. The Balaban J connectivity index is 2.04. The summed E-state index contributed by atoms with van der Waals surface area (Å²) in [6, 6.07) is 4.02. The molecule has 6 nitrogen and oxygen atoms in total. The molecule has 2 atom stereocenters. The third kappa shape index (κ3) is 3.74. The topological polar surface area (TPSA) is 75.4 Å². The minimum Gasteiger partial charge on any atom is -0.353 e. The van der Waals surface area contributed by atoms with Gasteiger partial charge in [-0.1, -0.05) is 13.3 Å². The normalized spacial score (nSPS) is 21.3. The van der Waals surface area contributed by atoms with E-state index in [9.17, 15) is 4.79 Å². The second kappa shape index (κ2) is 7.05. The third-order valence-electron chi connectivity index (χ3n) is 4.40. The van der Waals surface area contributed by atoms with Crippen LogP contribution in [0, 0.1) is 0 Å². The summed E-state index contributed by atoms with van der Waals surface area (Å²) in [5.74, 6) is 0.900. The molecule has 1 aliphatic heterocycles. The molecule has 6 heteroatoms. The molecule has 1 saturated heterocycles. The highest BCUT2D eigenvalue weighted by Gasteiger charge is 2.35. The lowest BCUT2D eigenvalue weighted by molar-refractivity contribution is -0.137. The van der Waals surface area contributed by atoms with Crippen LogP contribution in [0.25, 0.3) is 0 Å². The number of nitrogens with zero attached hydrogens (tertiary/aromatic N) is 4. The van der Waals surface area contributed by atoms with Crippen LogP contribution in [0.2, 0.25) is 0 Å². The van der Waals surface area contributed by atoms with Crippen LogP contribution in [0.1, 0.15) is 39.5 Å². The summed E-state index contributed by atoms with van der Waals surface area (Å²) in [4.78, 5) is 16.7. The second-order valence-electron chi connectivity index (χ2n) is 6.41. The molecule has 2 unspecified atom stereocenters. The lowest BCUT2D eigenvalue weighted by Gasteiger charge is -2.40. The van der Waals surface area contributed by atoms with Crippen molar-refractivity contribution in [2.75, 3.05) is 25.0 Å². The maximum atomic E-state index is 12.7. The van der Waals surface area contributed by atoms with Crippen molar-refractivity contribution < 1.29 is 4.79 Å². The van der Waals surface area contributed by atoms with Gasteiger partial charge >= 0.3 is 0 Å². The highest BCUT2D eigenvalue weighted by Crippen LogP contribution is 2.22. The minimum absolute atomic E-state index is 0.0281. The van der Waals surface area contributed by atoms with Crippen molar-refractivity contribution in [1.29, 1.82) is 0 Å². The van der Waals surface area contributed by atoms with E-state index in [1.165, 1.54) is 0 Å². The quantitative estimate of drug-likeness (QED) is 0.890. The number of piperidine rings is 1. The molecule has 0 radical (unpaired) electrons. The van der Waals surface area contributed by atoms with Crippen LogP contribution >= 0.6 is 0 Å².